The molecule has 0 unspecified atom stereocenters. The van der Waals surface area contributed by atoms with Gasteiger partial charge in [0.25, 0.3) is 5.89 Å². The molecule has 8 heteroatoms. The van der Waals surface area contributed by atoms with Crippen LogP contribution in [0.3, 0.4) is 0 Å². The number of nitrogens with zero attached hydrogens (tertiary/aromatic N) is 4. The quantitative estimate of drug-likeness (QED) is 0.425. The monoisotopic (exact) mass is 364 g/mol. The van der Waals surface area contributed by atoms with Gasteiger partial charge in [0.05, 0.1) is 5.69 Å². The van der Waals surface area contributed by atoms with Crippen LogP contribution in [0.2, 0.25) is 0 Å². The Morgan fingerprint density at radius 2 is 1.96 bits per heavy atom. The Morgan fingerprint density at radius 1 is 1.15 bits per heavy atom. The maximum absolute atomic E-state index is 5.62. The van der Waals surface area contributed by atoms with Crippen LogP contribution in [0.15, 0.2) is 51.9 Å². The van der Waals surface area contributed by atoms with Crippen molar-refractivity contribution < 1.29 is 4.42 Å². The highest BCUT2D eigenvalue weighted by atomic mass is 32.1. The van der Waals surface area contributed by atoms with Gasteiger partial charge in [0.15, 0.2) is 5.96 Å². The van der Waals surface area contributed by atoms with E-state index in [4.69, 9.17) is 10.2 Å². The molecule has 0 saturated carbocycles. The fourth-order valence-electron chi connectivity index (χ4n) is 2.57. The minimum absolute atomic E-state index is 0.197. The number of aryl methyl sites for hydroxylation is 1. The van der Waals surface area contributed by atoms with Crippen molar-refractivity contribution in [3.05, 3.63) is 48.2 Å². The van der Waals surface area contributed by atoms with E-state index in [2.05, 4.69) is 55.8 Å². The van der Waals surface area contributed by atoms with E-state index in [-0.39, 0.29) is 12.0 Å². The molecule has 0 amide bonds. The molecule has 2 heterocycles. The Kier molecular flexibility index (Phi) is 4.10. The third-order valence-corrected chi connectivity index (χ3v) is 5.08. The van der Waals surface area contributed by atoms with Crippen molar-refractivity contribution in [2.45, 2.75) is 6.92 Å². The van der Waals surface area contributed by atoms with E-state index < -0.39 is 0 Å². The van der Waals surface area contributed by atoms with Crippen LogP contribution in [-0.4, -0.2) is 28.2 Å². The number of nitrogens with two attached hydrogens (primary N) is 1. The fourth-order valence-corrected chi connectivity index (χ4v) is 3.56. The van der Waals surface area contributed by atoms with Gasteiger partial charge in [-0.3, -0.25) is 10.3 Å². The molecular weight excluding hydrogens is 348 g/mol. The molecule has 0 bridgehead atoms. The van der Waals surface area contributed by atoms with Gasteiger partial charge in [0.2, 0.25) is 0 Å². The molecule has 0 aliphatic heterocycles. The van der Waals surface area contributed by atoms with Crippen LogP contribution >= 0.6 is 11.3 Å². The molecule has 4 rings (SSSR count). The van der Waals surface area contributed by atoms with E-state index in [0.717, 1.165) is 21.1 Å². The zero-order valence-corrected chi connectivity index (χ0v) is 15.0. The predicted octanol–water partition coefficient (Wildman–Crippen LogP) is 3.68. The van der Waals surface area contributed by atoms with Crippen LogP contribution in [0.5, 0.6) is 0 Å². The molecule has 0 radical (unpaired) electrons. The minimum atomic E-state index is 0.197. The van der Waals surface area contributed by atoms with E-state index >= 15 is 0 Å². The number of aromatic nitrogens is 3. The Bertz CT molecular complexity index is 1110. The first-order chi connectivity index (χ1) is 12.6. The molecule has 0 spiro atoms. The van der Waals surface area contributed by atoms with E-state index in [1.165, 1.54) is 22.1 Å². The van der Waals surface area contributed by atoms with Crippen LogP contribution < -0.4 is 11.1 Å². The normalized spacial score (nSPS) is 11.8. The van der Waals surface area contributed by atoms with E-state index in [9.17, 15) is 0 Å². The molecule has 0 saturated heterocycles. The van der Waals surface area contributed by atoms with Gasteiger partial charge in [-0.05, 0) is 23.8 Å². The summed E-state index contributed by atoms with van der Waals surface area (Å²) in [5.74, 6) is 0.608. The average Bonchev–Trinajstić information content (AvgIpc) is 3.27. The number of aliphatic imine (C=N–C) groups is 1. The van der Waals surface area contributed by atoms with Gasteiger partial charge in [0.1, 0.15) is 9.88 Å². The van der Waals surface area contributed by atoms with Crippen molar-refractivity contribution in [1.82, 2.24) is 15.2 Å². The van der Waals surface area contributed by atoms with Crippen molar-refractivity contribution in [3.8, 4) is 21.3 Å². The third kappa shape index (κ3) is 3.02. The highest BCUT2D eigenvalue weighted by molar-refractivity contribution is 7.18. The molecule has 0 atom stereocenters. The summed E-state index contributed by atoms with van der Waals surface area (Å²) in [5, 5.41) is 14.0. The van der Waals surface area contributed by atoms with Crippen molar-refractivity contribution >= 4 is 34.1 Å². The molecule has 7 nitrogen and oxygen atoms in total. The number of fused-ring (bicyclic) bond motifs is 1. The second-order valence-electron chi connectivity index (χ2n) is 5.64. The van der Waals surface area contributed by atoms with Crippen molar-refractivity contribution in [1.29, 1.82) is 0 Å². The first-order valence-corrected chi connectivity index (χ1v) is 8.75. The first-order valence-electron chi connectivity index (χ1n) is 7.94. The van der Waals surface area contributed by atoms with Gasteiger partial charge in [-0.15, -0.1) is 16.4 Å². The van der Waals surface area contributed by atoms with Crippen LogP contribution in [-0.2, 0) is 0 Å². The molecule has 3 N–H and O–H groups in total. The lowest BCUT2D eigenvalue weighted by molar-refractivity contribution is 0.589. The lowest BCUT2D eigenvalue weighted by Gasteiger charge is -2.00. The number of thiazole rings is 1. The Hall–Kier alpha value is -3.26. The third-order valence-electron chi connectivity index (χ3n) is 3.89. The number of nitrogens with one attached hydrogen (secondary N) is 1. The lowest BCUT2D eigenvalue weighted by atomic mass is 10.1. The minimum Gasteiger partial charge on any atom is -0.402 e. The van der Waals surface area contributed by atoms with Crippen LogP contribution in [0, 0.1) is 6.92 Å². The number of hydrogen-bond donors (Lipinski definition) is 2. The summed E-state index contributed by atoms with van der Waals surface area (Å²) in [6.07, 6.45) is 0. The largest absolute Gasteiger partial charge is 0.402 e. The van der Waals surface area contributed by atoms with Gasteiger partial charge in [-0.25, -0.2) is 4.98 Å². The number of guanidine groups is 1. The molecule has 0 fully saturated rings. The van der Waals surface area contributed by atoms with E-state index in [0.29, 0.717) is 5.89 Å². The number of rotatable bonds is 3. The second-order valence-corrected chi connectivity index (χ2v) is 6.64. The average molecular weight is 364 g/mol. The molecule has 2 aromatic heterocycles. The summed E-state index contributed by atoms with van der Waals surface area (Å²) in [4.78, 5) is 9.30. The number of anilines is 1. The molecular formula is C18H16N6OS. The van der Waals surface area contributed by atoms with Gasteiger partial charge in [-0.1, -0.05) is 41.5 Å². The van der Waals surface area contributed by atoms with Gasteiger partial charge in [-0.2, -0.15) is 0 Å². The van der Waals surface area contributed by atoms with Crippen molar-refractivity contribution in [3.63, 3.8) is 0 Å². The second kappa shape index (κ2) is 6.57. The Labute approximate surface area is 153 Å². The molecule has 4 aromatic rings. The SMILES string of the molecule is CN=C(N)Nc1nnc(-c2sc(-c3ccc4ccccc4c3)nc2C)o1. The molecule has 0 aliphatic rings. The smallest absolute Gasteiger partial charge is 0.322 e. The zero-order valence-electron chi connectivity index (χ0n) is 14.2. The summed E-state index contributed by atoms with van der Waals surface area (Å²) < 4.78 is 5.62. The standard InChI is InChI=1S/C18H16N6OS/c1-10-14(15-23-24-18(25-15)22-17(19)20-2)26-16(21-10)13-8-7-11-5-3-4-6-12(11)9-13/h3-9H,1-2H3,(H3,19,20,22,24). The van der Waals surface area contributed by atoms with E-state index in [1.54, 1.807) is 7.05 Å². The molecule has 130 valence electrons. The van der Waals surface area contributed by atoms with Gasteiger partial charge < -0.3 is 10.2 Å². The first kappa shape index (κ1) is 16.2. The van der Waals surface area contributed by atoms with Gasteiger partial charge >= 0.3 is 6.01 Å². The highest BCUT2D eigenvalue weighted by Crippen LogP contribution is 2.35. The summed E-state index contributed by atoms with van der Waals surface area (Å²) in [5.41, 5.74) is 7.51. The van der Waals surface area contributed by atoms with Crippen LogP contribution in [0.1, 0.15) is 5.69 Å². The summed E-state index contributed by atoms with van der Waals surface area (Å²) >= 11 is 1.52. The molecule has 26 heavy (non-hydrogen) atoms. The van der Waals surface area contributed by atoms with Gasteiger partial charge in [0, 0.05) is 12.6 Å². The summed E-state index contributed by atoms with van der Waals surface area (Å²) in [6.45, 7) is 1.93. The van der Waals surface area contributed by atoms with Crippen molar-refractivity contribution in [2.24, 2.45) is 10.7 Å². The fraction of sp³-hybridized carbons (Fsp3) is 0.111. The predicted molar refractivity (Wildman–Crippen MR) is 104 cm³/mol. The Morgan fingerprint density at radius 3 is 2.77 bits per heavy atom. The number of benzene rings is 2. The topological polar surface area (TPSA) is 102 Å². The summed E-state index contributed by atoms with van der Waals surface area (Å²) in [7, 11) is 1.57. The van der Waals surface area contributed by atoms with Crippen molar-refractivity contribution in [2.75, 3.05) is 12.4 Å². The molecule has 2 aromatic carbocycles. The van der Waals surface area contributed by atoms with Crippen LogP contribution in [0.4, 0.5) is 6.01 Å². The Balaban J connectivity index is 1.68. The maximum atomic E-state index is 5.62. The van der Waals surface area contributed by atoms with E-state index in [1.807, 2.05) is 19.1 Å². The number of hydrogen-bond acceptors (Lipinski definition) is 6. The summed E-state index contributed by atoms with van der Waals surface area (Å²) in [6, 6.07) is 14.8. The zero-order chi connectivity index (χ0) is 18.1. The van der Waals surface area contributed by atoms with Crippen LogP contribution in [0.25, 0.3) is 32.1 Å². The highest BCUT2D eigenvalue weighted by Gasteiger charge is 2.17. The molecule has 0 aliphatic carbocycles. The lowest BCUT2D eigenvalue weighted by Crippen LogP contribution is -2.22. The maximum Gasteiger partial charge on any atom is 0.322 e.